The Balaban J connectivity index is 2.19. The molecule has 0 radical (unpaired) electrons. The summed E-state index contributed by atoms with van der Waals surface area (Å²) in [6.07, 6.45) is 4.13. The molecule has 2 rings (SSSR count). The highest BCUT2D eigenvalue weighted by molar-refractivity contribution is 5.28. The Morgan fingerprint density at radius 2 is 1.94 bits per heavy atom. The van der Waals surface area contributed by atoms with Crippen LogP contribution in [-0.2, 0) is 0 Å². The summed E-state index contributed by atoms with van der Waals surface area (Å²) < 4.78 is 0. The molecule has 0 amide bonds. The summed E-state index contributed by atoms with van der Waals surface area (Å²) in [5.74, 6) is 0.962. The molecule has 1 N–H and O–H groups in total. The van der Waals surface area contributed by atoms with Crippen LogP contribution in [-0.4, -0.2) is 5.11 Å². The van der Waals surface area contributed by atoms with Crippen LogP contribution in [0.3, 0.4) is 0 Å². The molecule has 0 aromatic heterocycles. The third-order valence-corrected chi connectivity index (χ3v) is 3.78. The van der Waals surface area contributed by atoms with Gasteiger partial charge in [0.05, 0.1) is 6.10 Å². The molecule has 0 saturated carbocycles. The lowest BCUT2D eigenvalue weighted by Gasteiger charge is -2.30. The lowest BCUT2D eigenvalue weighted by Crippen LogP contribution is -2.19. The van der Waals surface area contributed by atoms with Gasteiger partial charge in [-0.3, -0.25) is 0 Å². The van der Waals surface area contributed by atoms with E-state index in [0.717, 1.165) is 18.4 Å². The van der Waals surface area contributed by atoms with Gasteiger partial charge >= 0.3 is 0 Å². The Morgan fingerprint density at radius 1 is 1.24 bits per heavy atom. The van der Waals surface area contributed by atoms with E-state index >= 15 is 0 Å². The van der Waals surface area contributed by atoms with E-state index in [0.29, 0.717) is 11.8 Å². The predicted molar refractivity (Wildman–Crippen MR) is 71.8 cm³/mol. The molecule has 92 valence electrons. The van der Waals surface area contributed by atoms with Gasteiger partial charge in [0.25, 0.3) is 0 Å². The van der Waals surface area contributed by atoms with Gasteiger partial charge in [0.2, 0.25) is 0 Å². The largest absolute Gasteiger partial charge is 0.388 e. The van der Waals surface area contributed by atoms with Gasteiger partial charge in [-0.15, -0.1) is 0 Å². The lowest BCUT2D eigenvalue weighted by atomic mass is 9.78. The van der Waals surface area contributed by atoms with Crippen molar-refractivity contribution in [2.75, 3.05) is 0 Å². The number of aliphatic hydroxyl groups is 1. The van der Waals surface area contributed by atoms with Crippen molar-refractivity contribution in [1.29, 1.82) is 0 Å². The van der Waals surface area contributed by atoms with Crippen LogP contribution >= 0.6 is 0 Å². The second-order valence-corrected chi connectivity index (χ2v) is 5.49. The molecule has 3 unspecified atom stereocenters. The molecule has 1 aromatic rings. The van der Waals surface area contributed by atoms with Crippen LogP contribution in [0.15, 0.2) is 35.9 Å². The van der Waals surface area contributed by atoms with Crippen LogP contribution in [0.2, 0.25) is 0 Å². The number of hydrogen-bond donors (Lipinski definition) is 1. The maximum absolute atomic E-state index is 10.5. The first-order valence-corrected chi connectivity index (χ1v) is 6.49. The van der Waals surface area contributed by atoms with E-state index in [1.54, 1.807) is 0 Å². The molecule has 1 aromatic carbocycles. The van der Waals surface area contributed by atoms with Crippen molar-refractivity contribution in [2.45, 2.75) is 39.7 Å². The number of hydrogen-bond acceptors (Lipinski definition) is 1. The smallest absolute Gasteiger partial charge is 0.0824 e. The second kappa shape index (κ2) is 5.05. The molecular weight excluding hydrogens is 208 g/mol. The minimum absolute atomic E-state index is 0.317. The third kappa shape index (κ3) is 2.78. The van der Waals surface area contributed by atoms with E-state index < -0.39 is 0 Å². The van der Waals surface area contributed by atoms with E-state index in [1.807, 2.05) is 12.1 Å². The Labute approximate surface area is 104 Å². The van der Waals surface area contributed by atoms with Crippen molar-refractivity contribution in [3.05, 3.63) is 47.0 Å². The minimum Gasteiger partial charge on any atom is -0.388 e. The normalized spacial score (nSPS) is 26.5. The first kappa shape index (κ1) is 12.4. The zero-order valence-corrected chi connectivity index (χ0v) is 11.0. The lowest BCUT2D eigenvalue weighted by molar-refractivity contribution is 0.0927. The Kier molecular flexibility index (Phi) is 3.68. The average molecular weight is 230 g/mol. The monoisotopic (exact) mass is 230 g/mol. The van der Waals surface area contributed by atoms with Crippen molar-refractivity contribution in [2.24, 2.45) is 11.8 Å². The first-order chi connectivity index (χ1) is 8.08. The van der Waals surface area contributed by atoms with E-state index in [9.17, 15) is 5.11 Å². The maximum atomic E-state index is 10.5. The van der Waals surface area contributed by atoms with Crippen LogP contribution in [0.1, 0.15) is 43.9 Å². The number of aliphatic hydroxyl groups excluding tert-OH is 1. The van der Waals surface area contributed by atoms with Crippen LogP contribution in [0.4, 0.5) is 0 Å². The van der Waals surface area contributed by atoms with Crippen molar-refractivity contribution in [3.63, 3.8) is 0 Å². The number of allylic oxidation sites excluding steroid dienone is 2. The fraction of sp³-hybridized carbons (Fsp3) is 0.500. The molecule has 0 spiro atoms. The van der Waals surface area contributed by atoms with Gasteiger partial charge in [-0.1, -0.05) is 42.8 Å². The predicted octanol–water partition coefficient (Wildman–Crippen LogP) is 4.02. The van der Waals surface area contributed by atoms with E-state index in [2.05, 4.69) is 39.0 Å². The van der Waals surface area contributed by atoms with E-state index in [4.69, 9.17) is 0 Å². The highest BCUT2D eigenvalue weighted by Crippen LogP contribution is 2.37. The van der Waals surface area contributed by atoms with Gasteiger partial charge in [-0.2, -0.15) is 0 Å². The molecule has 17 heavy (non-hydrogen) atoms. The fourth-order valence-corrected chi connectivity index (χ4v) is 3.01. The summed E-state index contributed by atoms with van der Waals surface area (Å²) in [7, 11) is 0. The molecule has 0 bridgehead atoms. The molecule has 3 atom stereocenters. The van der Waals surface area contributed by atoms with Crippen LogP contribution in [0.25, 0.3) is 0 Å². The highest BCUT2D eigenvalue weighted by atomic mass is 16.3. The van der Waals surface area contributed by atoms with Crippen LogP contribution in [0.5, 0.6) is 0 Å². The van der Waals surface area contributed by atoms with Gasteiger partial charge in [-0.25, -0.2) is 0 Å². The summed E-state index contributed by atoms with van der Waals surface area (Å²) in [6.45, 7) is 6.49. The highest BCUT2D eigenvalue weighted by Gasteiger charge is 2.26. The summed E-state index contributed by atoms with van der Waals surface area (Å²) in [6, 6.07) is 8.17. The van der Waals surface area contributed by atoms with Crippen molar-refractivity contribution in [3.8, 4) is 0 Å². The van der Waals surface area contributed by atoms with Gasteiger partial charge < -0.3 is 5.11 Å². The van der Waals surface area contributed by atoms with Crippen molar-refractivity contribution >= 4 is 0 Å². The SMILES string of the molecule is CC1=CC(C)CC(C(O)c2ccccc2C)C1. The van der Waals surface area contributed by atoms with E-state index in [1.165, 1.54) is 11.1 Å². The number of rotatable bonds is 2. The molecule has 1 aliphatic rings. The second-order valence-electron chi connectivity index (χ2n) is 5.49. The zero-order chi connectivity index (χ0) is 12.4. The molecule has 0 heterocycles. The van der Waals surface area contributed by atoms with Crippen molar-refractivity contribution in [1.82, 2.24) is 0 Å². The Morgan fingerprint density at radius 3 is 2.59 bits per heavy atom. The zero-order valence-electron chi connectivity index (χ0n) is 11.0. The van der Waals surface area contributed by atoms with Gasteiger partial charge in [0, 0.05) is 0 Å². The molecule has 1 heteroatoms. The van der Waals surface area contributed by atoms with Gasteiger partial charge in [0.15, 0.2) is 0 Å². The summed E-state index contributed by atoms with van der Waals surface area (Å²) in [4.78, 5) is 0. The van der Waals surface area contributed by atoms with Crippen molar-refractivity contribution < 1.29 is 5.11 Å². The molecule has 0 saturated heterocycles. The standard InChI is InChI=1S/C16H22O/c1-11-8-12(2)10-14(9-11)16(17)15-7-5-4-6-13(15)3/h4-8,11,14,16-17H,9-10H2,1-3H3. The maximum Gasteiger partial charge on any atom is 0.0824 e. The summed E-state index contributed by atoms with van der Waals surface area (Å²) >= 11 is 0. The van der Waals surface area contributed by atoms with E-state index in [-0.39, 0.29) is 6.10 Å². The number of aryl methyl sites for hydroxylation is 1. The quantitative estimate of drug-likeness (QED) is 0.761. The third-order valence-electron chi connectivity index (χ3n) is 3.78. The molecule has 1 nitrogen and oxygen atoms in total. The summed E-state index contributed by atoms with van der Waals surface area (Å²) in [5.41, 5.74) is 3.71. The molecule has 0 aliphatic heterocycles. The van der Waals surface area contributed by atoms with Gasteiger partial charge in [-0.05, 0) is 49.7 Å². The summed E-state index contributed by atoms with van der Waals surface area (Å²) in [5, 5.41) is 10.5. The minimum atomic E-state index is -0.317. The van der Waals surface area contributed by atoms with Crippen LogP contribution < -0.4 is 0 Å². The first-order valence-electron chi connectivity index (χ1n) is 6.49. The average Bonchev–Trinajstić information content (AvgIpc) is 2.27. The topological polar surface area (TPSA) is 20.2 Å². The Bertz CT molecular complexity index is 419. The molecule has 1 aliphatic carbocycles. The molecule has 0 fully saturated rings. The van der Waals surface area contributed by atoms with Gasteiger partial charge in [0.1, 0.15) is 0 Å². The fourth-order valence-electron chi connectivity index (χ4n) is 3.01. The number of benzene rings is 1. The Hall–Kier alpha value is -1.08. The molecular formula is C16H22O. The van der Waals surface area contributed by atoms with Crippen LogP contribution in [0, 0.1) is 18.8 Å².